The van der Waals surface area contributed by atoms with Crippen molar-refractivity contribution in [2.45, 2.75) is 37.3 Å². The van der Waals surface area contributed by atoms with E-state index in [0.717, 1.165) is 31.7 Å². The van der Waals surface area contributed by atoms with Crippen molar-refractivity contribution in [2.75, 3.05) is 46.5 Å². The third-order valence-electron chi connectivity index (χ3n) is 6.16. The van der Waals surface area contributed by atoms with Gasteiger partial charge in [-0.3, -0.25) is 9.80 Å². The Hall–Kier alpha value is -1.17. The monoisotopic (exact) mass is 331 g/mol. The van der Waals surface area contributed by atoms with Gasteiger partial charge >= 0.3 is 0 Å². The summed E-state index contributed by atoms with van der Waals surface area (Å²) in [6, 6.07) is 6.59. The Morgan fingerprint density at radius 2 is 2.08 bits per heavy atom. The Bertz CT molecular complexity index is 527. The van der Waals surface area contributed by atoms with Crippen LogP contribution in [-0.4, -0.2) is 72.9 Å². The van der Waals surface area contributed by atoms with Crippen LogP contribution in [0, 0.1) is 5.92 Å². The van der Waals surface area contributed by atoms with E-state index in [2.05, 4.69) is 21.8 Å². The third kappa shape index (κ3) is 3.30. The molecule has 0 radical (unpaired) electrons. The largest absolute Gasteiger partial charge is 0.477 e. The topological polar surface area (TPSA) is 37.8 Å². The summed E-state index contributed by atoms with van der Waals surface area (Å²) < 4.78 is 11.4. The van der Waals surface area contributed by atoms with E-state index < -0.39 is 0 Å². The van der Waals surface area contributed by atoms with Crippen LogP contribution in [0.25, 0.3) is 0 Å². The summed E-state index contributed by atoms with van der Waals surface area (Å²) in [5, 5.41) is 0. The van der Waals surface area contributed by atoms with E-state index in [4.69, 9.17) is 9.47 Å². The van der Waals surface area contributed by atoms with E-state index in [1.165, 1.54) is 45.3 Å². The highest BCUT2D eigenvalue weighted by atomic mass is 16.5. The minimum absolute atomic E-state index is 0.370. The van der Waals surface area contributed by atoms with Crippen LogP contribution in [0.15, 0.2) is 24.4 Å². The molecule has 0 N–H and O–H groups in total. The number of ether oxygens (including phenoxy) is 2. The average Bonchev–Trinajstić information content (AvgIpc) is 2.61. The van der Waals surface area contributed by atoms with Crippen LogP contribution < -0.4 is 4.74 Å². The molecule has 0 saturated carbocycles. The van der Waals surface area contributed by atoms with E-state index in [1.807, 2.05) is 18.2 Å². The minimum Gasteiger partial charge on any atom is -0.477 e. The quantitative estimate of drug-likeness (QED) is 0.844. The second-order valence-corrected chi connectivity index (χ2v) is 7.73. The van der Waals surface area contributed by atoms with Crippen LogP contribution in [0.3, 0.4) is 0 Å². The lowest BCUT2D eigenvalue weighted by Crippen LogP contribution is -2.73. The first kappa shape index (κ1) is 16.3. The molecule has 1 aromatic heterocycles. The van der Waals surface area contributed by atoms with Crippen molar-refractivity contribution in [3.8, 4) is 5.88 Å². The Morgan fingerprint density at radius 3 is 2.83 bits per heavy atom. The predicted octanol–water partition coefficient (Wildman–Crippen LogP) is 2.04. The van der Waals surface area contributed by atoms with Gasteiger partial charge in [0.25, 0.3) is 0 Å². The van der Waals surface area contributed by atoms with Crippen LogP contribution in [0.4, 0.5) is 0 Å². The smallest absolute Gasteiger partial charge is 0.213 e. The van der Waals surface area contributed by atoms with Crippen LogP contribution in [0.2, 0.25) is 0 Å². The average molecular weight is 331 g/mol. The lowest BCUT2D eigenvalue weighted by Gasteiger charge is -2.61. The van der Waals surface area contributed by atoms with Gasteiger partial charge in [0, 0.05) is 50.1 Å². The van der Waals surface area contributed by atoms with Gasteiger partial charge in [0.05, 0.1) is 6.61 Å². The van der Waals surface area contributed by atoms with E-state index in [0.29, 0.717) is 11.5 Å². The zero-order valence-electron chi connectivity index (χ0n) is 14.7. The molecule has 5 heteroatoms. The summed E-state index contributed by atoms with van der Waals surface area (Å²) in [5.74, 6) is 1.39. The number of likely N-dealkylation sites (N-methyl/N-ethyl adjacent to an activating group) is 1. The SMILES string of the molecule is CN1CCC(COc2ccccn2)CC12CN(C1CCOCC1)C2. The fraction of sp³-hybridized carbons (Fsp3) is 0.737. The van der Waals surface area contributed by atoms with Crippen LogP contribution in [0.5, 0.6) is 5.88 Å². The highest BCUT2D eigenvalue weighted by Gasteiger charge is 2.51. The number of likely N-dealkylation sites (tertiary alicyclic amines) is 2. The van der Waals surface area contributed by atoms with Gasteiger partial charge in [-0.15, -0.1) is 0 Å². The van der Waals surface area contributed by atoms with Crippen molar-refractivity contribution in [1.29, 1.82) is 0 Å². The Balaban J connectivity index is 1.31. The summed E-state index contributed by atoms with van der Waals surface area (Å²) in [7, 11) is 2.30. The molecule has 3 aliphatic heterocycles. The Labute approximate surface area is 144 Å². The van der Waals surface area contributed by atoms with Gasteiger partial charge in [0.1, 0.15) is 0 Å². The van der Waals surface area contributed by atoms with Gasteiger partial charge in [-0.05, 0) is 51.3 Å². The summed E-state index contributed by atoms with van der Waals surface area (Å²) in [6.45, 7) is 6.28. The highest BCUT2D eigenvalue weighted by Crippen LogP contribution is 2.40. The summed E-state index contributed by atoms with van der Waals surface area (Å²) in [6.07, 6.45) is 6.67. The highest BCUT2D eigenvalue weighted by molar-refractivity contribution is 5.10. The molecule has 1 aromatic rings. The second kappa shape index (κ2) is 6.98. The molecule has 0 bridgehead atoms. The number of aromatic nitrogens is 1. The second-order valence-electron chi connectivity index (χ2n) is 7.73. The molecule has 0 amide bonds. The lowest BCUT2D eigenvalue weighted by atomic mass is 9.74. The summed E-state index contributed by atoms with van der Waals surface area (Å²) in [4.78, 5) is 9.55. The molecule has 132 valence electrons. The molecular weight excluding hydrogens is 302 g/mol. The molecule has 3 fully saturated rings. The van der Waals surface area contributed by atoms with Gasteiger partial charge in [-0.1, -0.05) is 6.07 Å². The third-order valence-corrected chi connectivity index (χ3v) is 6.16. The van der Waals surface area contributed by atoms with Gasteiger partial charge in [-0.2, -0.15) is 0 Å². The van der Waals surface area contributed by atoms with Crippen molar-refractivity contribution < 1.29 is 9.47 Å². The first-order valence-corrected chi connectivity index (χ1v) is 9.32. The maximum Gasteiger partial charge on any atom is 0.213 e. The molecule has 24 heavy (non-hydrogen) atoms. The Morgan fingerprint density at radius 1 is 1.25 bits per heavy atom. The van der Waals surface area contributed by atoms with Gasteiger partial charge in [-0.25, -0.2) is 4.98 Å². The standard InChI is InChI=1S/C19H29N3O2/c1-21-9-5-16(13-24-18-4-2-3-8-20-18)12-19(21)14-22(15-19)17-6-10-23-11-7-17/h2-4,8,16-17H,5-7,9-15H2,1H3. The number of hydrogen-bond donors (Lipinski definition) is 0. The molecular formula is C19H29N3O2. The summed E-state index contributed by atoms with van der Waals surface area (Å²) >= 11 is 0. The fourth-order valence-corrected chi connectivity index (χ4v) is 4.58. The van der Waals surface area contributed by atoms with E-state index in [1.54, 1.807) is 6.20 Å². The van der Waals surface area contributed by atoms with Crippen LogP contribution >= 0.6 is 0 Å². The van der Waals surface area contributed by atoms with Crippen molar-refractivity contribution in [1.82, 2.24) is 14.8 Å². The first-order chi connectivity index (χ1) is 11.8. The fourth-order valence-electron chi connectivity index (χ4n) is 4.58. The van der Waals surface area contributed by atoms with Crippen molar-refractivity contribution in [3.63, 3.8) is 0 Å². The lowest BCUT2D eigenvalue weighted by molar-refractivity contribution is -0.114. The van der Waals surface area contributed by atoms with Crippen molar-refractivity contribution in [2.24, 2.45) is 5.92 Å². The predicted molar refractivity (Wildman–Crippen MR) is 93.2 cm³/mol. The van der Waals surface area contributed by atoms with Crippen LogP contribution in [-0.2, 0) is 4.74 Å². The van der Waals surface area contributed by atoms with Crippen molar-refractivity contribution >= 4 is 0 Å². The van der Waals surface area contributed by atoms with E-state index >= 15 is 0 Å². The van der Waals surface area contributed by atoms with Crippen molar-refractivity contribution in [3.05, 3.63) is 24.4 Å². The normalized spacial score (nSPS) is 28.6. The molecule has 1 unspecified atom stereocenters. The van der Waals surface area contributed by atoms with E-state index in [9.17, 15) is 0 Å². The molecule has 1 atom stereocenters. The molecule has 0 aliphatic carbocycles. The molecule has 4 heterocycles. The number of nitrogens with zero attached hydrogens (tertiary/aromatic N) is 3. The number of piperidine rings is 1. The molecule has 5 nitrogen and oxygen atoms in total. The Kier molecular flexibility index (Phi) is 4.74. The molecule has 3 saturated heterocycles. The van der Waals surface area contributed by atoms with Gasteiger partial charge in [0.15, 0.2) is 0 Å². The first-order valence-electron chi connectivity index (χ1n) is 9.32. The zero-order chi connectivity index (χ0) is 16.4. The molecule has 0 aromatic carbocycles. The van der Waals surface area contributed by atoms with E-state index in [-0.39, 0.29) is 0 Å². The van der Waals surface area contributed by atoms with Gasteiger partial charge < -0.3 is 9.47 Å². The number of hydrogen-bond acceptors (Lipinski definition) is 5. The molecule has 4 rings (SSSR count). The number of rotatable bonds is 4. The molecule has 3 aliphatic rings. The maximum atomic E-state index is 5.93. The maximum absolute atomic E-state index is 5.93. The summed E-state index contributed by atoms with van der Waals surface area (Å²) in [5.41, 5.74) is 0.370. The van der Waals surface area contributed by atoms with Gasteiger partial charge in [0.2, 0.25) is 5.88 Å². The zero-order valence-corrected chi connectivity index (χ0v) is 14.7. The number of pyridine rings is 1. The minimum atomic E-state index is 0.370. The van der Waals surface area contributed by atoms with Crippen LogP contribution in [0.1, 0.15) is 25.7 Å². The molecule has 1 spiro atoms.